The maximum atomic E-state index is 11.3. The van der Waals surface area contributed by atoms with Crippen molar-refractivity contribution >= 4 is 21.8 Å². The SMILES string of the molecule is O=C(CCNCc1ccc(Br)o1)NC1CC1. The number of hydrogen-bond donors (Lipinski definition) is 2. The fourth-order valence-corrected chi connectivity index (χ4v) is 1.73. The Morgan fingerprint density at radius 2 is 2.31 bits per heavy atom. The molecule has 1 aromatic heterocycles. The molecule has 4 nitrogen and oxygen atoms in total. The lowest BCUT2D eigenvalue weighted by molar-refractivity contribution is -0.121. The summed E-state index contributed by atoms with van der Waals surface area (Å²) in [6.07, 6.45) is 2.80. The number of hydrogen-bond acceptors (Lipinski definition) is 3. The number of rotatable bonds is 6. The lowest BCUT2D eigenvalue weighted by Gasteiger charge is -2.03. The first kappa shape index (κ1) is 11.7. The second-order valence-corrected chi connectivity index (χ2v) is 4.76. The lowest BCUT2D eigenvalue weighted by Crippen LogP contribution is -2.28. The van der Waals surface area contributed by atoms with Crippen LogP contribution in [0.15, 0.2) is 21.2 Å². The Kier molecular flexibility index (Phi) is 4.01. The molecule has 0 aromatic carbocycles. The number of amides is 1. The van der Waals surface area contributed by atoms with Crippen LogP contribution in [-0.4, -0.2) is 18.5 Å². The van der Waals surface area contributed by atoms with Crippen LogP contribution in [0.2, 0.25) is 0 Å². The van der Waals surface area contributed by atoms with Crippen molar-refractivity contribution in [3.8, 4) is 0 Å². The number of nitrogens with one attached hydrogen (secondary N) is 2. The smallest absolute Gasteiger partial charge is 0.221 e. The third kappa shape index (κ3) is 3.98. The van der Waals surface area contributed by atoms with E-state index in [1.54, 1.807) is 0 Å². The molecule has 16 heavy (non-hydrogen) atoms. The summed E-state index contributed by atoms with van der Waals surface area (Å²) in [6, 6.07) is 4.21. The fraction of sp³-hybridized carbons (Fsp3) is 0.545. The van der Waals surface area contributed by atoms with Gasteiger partial charge in [0, 0.05) is 19.0 Å². The number of halogens is 1. The number of carbonyl (C=O) groups excluding carboxylic acids is 1. The van der Waals surface area contributed by atoms with E-state index in [1.807, 2.05) is 12.1 Å². The summed E-state index contributed by atoms with van der Waals surface area (Å²) in [6.45, 7) is 1.33. The lowest BCUT2D eigenvalue weighted by atomic mass is 10.3. The molecule has 0 aliphatic heterocycles. The highest BCUT2D eigenvalue weighted by Crippen LogP contribution is 2.18. The van der Waals surface area contributed by atoms with Crippen LogP contribution >= 0.6 is 15.9 Å². The van der Waals surface area contributed by atoms with Gasteiger partial charge in [-0.3, -0.25) is 4.79 Å². The third-order valence-corrected chi connectivity index (χ3v) is 2.83. The number of carbonyl (C=O) groups is 1. The minimum absolute atomic E-state index is 0.135. The predicted octanol–water partition coefficient (Wildman–Crippen LogP) is 1.80. The molecule has 1 aromatic rings. The molecule has 5 heteroatoms. The summed E-state index contributed by atoms with van der Waals surface area (Å²) < 4.78 is 6.05. The zero-order chi connectivity index (χ0) is 11.4. The van der Waals surface area contributed by atoms with Crippen LogP contribution < -0.4 is 10.6 Å². The molecule has 2 rings (SSSR count). The molecular weight excluding hydrogens is 272 g/mol. The van der Waals surface area contributed by atoms with E-state index in [0.29, 0.717) is 25.6 Å². The van der Waals surface area contributed by atoms with E-state index in [0.717, 1.165) is 23.3 Å². The van der Waals surface area contributed by atoms with Crippen LogP contribution in [0.1, 0.15) is 25.0 Å². The van der Waals surface area contributed by atoms with Gasteiger partial charge in [0.2, 0.25) is 5.91 Å². The maximum absolute atomic E-state index is 11.3. The van der Waals surface area contributed by atoms with Crippen molar-refractivity contribution in [2.45, 2.75) is 31.8 Å². The molecule has 0 bridgehead atoms. The highest BCUT2D eigenvalue weighted by molar-refractivity contribution is 9.10. The molecule has 1 aliphatic rings. The van der Waals surface area contributed by atoms with Crippen LogP contribution in [0.3, 0.4) is 0 Å². The van der Waals surface area contributed by atoms with E-state index in [-0.39, 0.29) is 5.91 Å². The van der Waals surface area contributed by atoms with Crippen molar-refractivity contribution in [3.05, 3.63) is 22.6 Å². The van der Waals surface area contributed by atoms with Crippen LogP contribution in [0.4, 0.5) is 0 Å². The second-order valence-electron chi connectivity index (χ2n) is 3.97. The largest absolute Gasteiger partial charge is 0.453 e. The van der Waals surface area contributed by atoms with Gasteiger partial charge in [-0.15, -0.1) is 0 Å². The molecule has 1 fully saturated rings. The Hall–Kier alpha value is -0.810. The summed E-state index contributed by atoms with van der Waals surface area (Å²) in [5.41, 5.74) is 0. The third-order valence-electron chi connectivity index (χ3n) is 2.40. The fourth-order valence-electron chi connectivity index (χ4n) is 1.39. The number of furan rings is 1. The van der Waals surface area contributed by atoms with Gasteiger partial charge >= 0.3 is 0 Å². The highest BCUT2D eigenvalue weighted by atomic mass is 79.9. The Morgan fingerprint density at radius 3 is 2.94 bits per heavy atom. The molecule has 1 saturated carbocycles. The van der Waals surface area contributed by atoms with Crippen molar-refractivity contribution < 1.29 is 9.21 Å². The average molecular weight is 287 g/mol. The molecule has 0 unspecified atom stereocenters. The van der Waals surface area contributed by atoms with Gasteiger partial charge in [0.1, 0.15) is 5.76 Å². The minimum Gasteiger partial charge on any atom is -0.453 e. The van der Waals surface area contributed by atoms with E-state index in [9.17, 15) is 4.79 Å². The summed E-state index contributed by atoms with van der Waals surface area (Å²) in [7, 11) is 0. The average Bonchev–Trinajstić information content (AvgIpc) is 2.95. The summed E-state index contributed by atoms with van der Waals surface area (Å²) >= 11 is 3.24. The standard InChI is InChI=1S/C11H15BrN2O2/c12-10-4-3-9(16-10)7-13-6-5-11(15)14-8-1-2-8/h3-4,8,13H,1-2,5-7H2,(H,14,15). The summed E-state index contributed by atoms with van der Waals surface area (Å²) in [5.74, 6) is 1.00. The van der Waals surface area contributed by atoms with Crippen molar-refractivity contribution in [1.29, 1.82) is 0 Å². The van der Waals surface area contributed by atoms with Gasteiger partial charge < -0.3 is 15.1 Å². The van der Waals surface area contributed by atoms with Gasteiger partial charge in [0.15, 0.2) is 4.67 Å². The Morgan fingerprint density at radius 1 is 1.50 bits per heavy atom. The second kappa shape index (κ2) is 5.50. The van der Waals surface area contributed by atoms with Crippen LogP contribution in [0.25, 0.3) is 0 Å². The Balaban J connectivity index is 1.55. The van der Waals surface area contributed by atoms with Crippen molar-refractivity contribution in [2.24, 2.45) is 0 Å². The van der Waals surface area contributed by atoms with Crippen LogP contribution in [0.5, 0.6) is 0 Å². The van der Waals surface area contributed by atoms with E-state index >= 15 is 0 Å². The Labute approximate surface area is 103 Å². The van der Waals surface area contributed by atoms with E-state index in [1.165, 1.54) is 0 Å². The summed E-state index contributed by atoms with van der Waals surface area (Å²) in [4.78, 5) is 11.3. The first-order chi connectivity index (χ1) is 7.74. The molecule has 0 radical (unpaired) electrons. The first-order valence-electron chi connectivity index (χ1n) is 5.48. The minimum atomic E-state index is 0.135. The normalized spacial score (nSPS) is 15.1. The van der Waals surface area contributed by atoms with Crippen LogP contribution in [-0.2, 0) is 11.3 Å². The molecule has 0 atom stereocenters. The summed E-state index contributed by atoms with van der Waals surface area (Å²) in [5, 5.41) is 6.11. The van der Waals surface area contributed by atoms with Gasteiger partial charge in [-0.25, -0.2) is 0 Å². The monoisotopic (exact) mass is 286 g/mol. The zero-order valence-corrected chi connectivity index (χ0v) is 10.5. The maximum Gasteiger partial charge on any atom is 0.221 e. The Bertz CT molecular complexity index is 361. The molecule has 1 heterocycles. The molecular formula is C11H15BrN2O2. The first-order valence-corrected chi connectivity index (χ1v) is 6.27. The van der Waals surface area contributed by atoms with E-state index < -0.39 is 0 Å². The van der Waals surface area contributed by atoms with Gasteiger partial charge in [-0.05, 0) is 40.9 Å². The van der Waals surface area contributed by atoms with Gasteiger partial charge in [0.05, 0.1) is 6.54 Å². The van der Waals surface area contributed by atoms with Gasteiger partial charge in [-0.1, -0.05) is 0 Å². The molecule has 2 N–H and O–H groups in total. The molecule has 88 valence electrons. The van der Waals surface area contributed by atoms with Crippen LogP contribution in [0, 0.1) is 0 Å². The van der Waals surface area contributed by atoms with Gasteiger partial charge in [0.25, 0.3) is 0 Å². The quantitative estimate of drug-likeness (QED) is 0.784. The molecule has 0 saturated heterocycles. The van der Waals surface area contributed by atoms with Crippen molar-refractivity contribution in [3.63, 3.8) is 0 Å². The van der Waals surface area contributed by atoms with Crippen molar-refractivity contribution in [1.82, 2.24) is 10.6 Å². The highest BCUT2D eigenvalue weighted by Gasteiger charge is 2.22. The topological polar surface area (TPSA) is 54.3 Å². The van der Waals surface area contributed by atoms with Crippen molar-refractivity contribution in [2.75, 3.05) is 6.54 Å². The zero-order valence-electron chi connectivity index (χ0n) is 8.96. The van der Waals surface area contributed by atoms with E-state index in [4.69, 9.17) is 4.42 Å². The van der Waals surface area contributed by atoms with Gasteiger partial charge in [-0.2, -0.15) is 0 Å². The molecule has 1 aliphatic carbocycles. The van der Waals surface area contributed by atoms with E-state index in [2.05, 4.69) is 26.6 Å². The molecule has 1 amide bonds. The molecule has 0 spiro atoms. The predicted molar refractivity (Wildman–Crippen MR) is 63.9 cm³/mol.